The molecular formula is C18H25N5O2. The molecule has 1 aromatic heterocycles. The molecule has 0 fully saturated rings. The number of aryl methyl sites for hydroxylation is 1. The number of hydrogen-bond donors (Lipinski definition) is 2. The van der Waals surface area contributed by atoms with Crippen molar-refractivity contribution in [3.05, 3.63) is 35.9 Å². The smallest absolute Gasteiger partial charge is 0.319 e. The van der Waals surface area contributed by atoms with Crippen molar-refractivity contribution in [1.29, 1.82) is 0 Å². The highest BCUT2D eigenvalue weighted by molar-refractivity contribution is 5.89. The largest absolute Gasteiger partial charge is 0.494 e. The first-order valence-electron chi connectivity index (χ1n) is 8.80. The summed E-state index contributed by atoms with van der Waals surface area (Å²) in [5, 5.41) is 14.4. The maximum absolute atomic E-state index is 12.4. The molecule has 2 N–H and O–H groups in total. The number of urea groups is 1. The molecule has 2 aromatic rings. The summed E-state index contributed by atoms with van der Waals surface area (Å²) in [6, 6.07) is 6.89. The van der Waals surface area contributed by atoms with Gasteiger partial charge in [-0.3, -0.25) is 0 Å². The second kappa shape index (κ2) is 7.55. The van der Waals surface area contributed by atoms with E-state index in [0.29, 0.717) is 6.61 Å². The van der Waals surface area contributed by atoms with Crippen molar-refractivity contribution in [2.75, 3.05) is 11.9 Å². The number of carbonyl (C=O) groups excluding carboxylic acids is 1. The second-order valence-corrected chi connectivity index (χ2v) is 6.51. The third kappa shape index (κ3) is 3.92. The van der Waals surface area contributed by atoms with Crippen LogP contribution in [0.1, 0.15) is 44.9 Å². The number of nitrogens with one attached hydrogen (secondary N) is 2. The molecule has 2 amide bonds. The number of anilines is 1. The number of carbonyl (C=O) groups is 1. The Bertz CT molecular complexity index is 724. The lowest BCUT2D eigenvalue weighted by atomic mass is 10.0. The zero-order valence-corrected chi connectivity index (χ0v) is 15.0. The first-order valence-corrected chi connectivity index (χ1v) is 8.80. The van der Waals surface area contributed by atoms with Gasteiger partial charge in [-0.05, 0) is 43.5 Å². The topological polar surface area (TPSA) is 81.1 Å². The number of rotatable bonds is 6. The zero-order valence-electron chi connectivity index (χ0n) is 15.0. The lowest BCUT2D eigenvalue weighted by Gasteiger charge is -2.22. The Morgan fingerprint density at radius 1 is 1.28 bits per heavy atom. The molecule has 1 aliphatic heterocycles. The molecule has 0 radical (unpaired) electrons. The van der Waals surface area contributed by atoms with Gasteiger partial charge in [0.1, 0.15) is 11.6 Å². The van der Waals surface area contributed by atoms with Gasteiger partial charge in [0, 0.05) is 18.7 Å². The monoisotopic (exact) mass is 343 g/mol. The average Bonchev–Trinajstić information content (AvgIpc) is 3.18. The van der Waals surface area contributed by atoms with Crippen LogP contribution >= 0.6 is 0 Å². The molecule has 7 nitrogen and oxygen atoms in total. The summed E-state index contributed by atoms with van der Waals surface area (Å²) in [7, 11) is 0. The zero-order chi connectivity index (χ0) is 17.8. The van der Waals surface area contributed by atoms with Gasteiger partial charge in [-0.15, -0.1) is 10.2 Å². The van der Waals surface area contributed by atoms with Crippen LogP contribution in [0.15, 0.2) is 24.3 Å². The molecular weight excluding hydrogens is 318 g/mol. The fourth-order valence-corrected chi connectivity index (χ4v) is 3.04. The number of aromatic nitrogens is 3. The van der Waals surface area contributed by atoms with Crippen LogP contribution in [0, 0.1) is 5.92 Å². The molecule has 3 rings (SSSR count). The average molecular weight is 343 g/mol. The Morgan fingerprint density at radius 2 is 2.04 bits per heavy atom. The standard InChI is InChI=1S/C18H25N5O2/c1-4-25-14-9-7-13(8-10-14)19-18(24)20-16(12(2)3)17-22-21-15-6-5-11-23(15)17/h7-10,12,16H,4-6,11H2,1-3H3,(H2,19,20,24). The Kier molecular flexibility index (Phi) is 5.21. The van der Waals surface area contributed by atoms with E-state index >= 15 is 0 Å². The van der Waals surface area contributed by atoms with Crippen molar-refractivity contribution in [2.45, 2.75) is 46.2 Å². The number of ether oxygens (including phenoxy) is 1. The summed E-state index contributed by atoms with van der Waals surface area (Å²) in [4.78, 5) is 12.4. The summed E-state index contributed by atoms with van der Waals surface area (Å²) in [5.74, 6) is 2.84. The first-order chi connectivity index (χ1) is 12.1. The van der Waals surface area contributed by atoms with Gasteiger partial charge in [-0.1, -0.05) is 13.8 Å². The third-order valence-electron chi connectivity index (χ3n) is 4.29. The molecule has 1 aliphatic rings. The van der Waals surface area contributed by atoms with Crippen molar-refractivity contribution in [3.8, 4) is 5.75 Å². The van der Waals surface area contributed by atoms with E-state index in [9.17, 15) is 4.79 Å². The second-order valence-electron chi connectivity index (χ2n) is 6.51. The minimum Gasteiger partial charge on any atom is -0.494 e. The van der Waals surface area contributed by atoms with Gasteiger partial charge in [0.25, 0.3) is 0 Å². The Labute approximate surface area is 147 Å². The summed E-state index contributed by atoms with van der Waals surface area (Å²) >= 11 is 0. The molecule has 0 spiro atoms. The molecule has 1 atom stereocenters. The lowest BCUT2D eigenvalue weighted by Crippen LogP contribution is -2.36. The first kappa shape index (κ1) is 17.3. The third-order valence-corrected chi connectivity index (χ3v) is 4.29. The SMILES string of the molecule is CCOc1ccc(NC(=O)NC(c2nnc3n2CCC3)C(C)C)cc1. The van der Waals surface area contributed by atoms with Gasteiger partial charge in [0.05, 0.1) is 12.6 Å². The molecule has 2 heterocycles. The van der Waals surface area contributed by atoms with Crippen molar-refractivity contribution in [1.82, 2.24) is 20.1 Å². The highest BCUT2D eigenvalue weighted by atomic mass is 16.5. The van der Waals surface area contributed by atoms with Gasteiger partial charge in [0.2, 0.25) is 0 Å². The molecule has 1 aromatic carbocycles. The van der Waals surface area contributed by atoms with Gasteiger partial charge in [-0.2, -0.15) is 0 Å². The number of benzene rings is 1. The summed E-state index contributed by atoms with van der Waals surface area (Å²) in [6.07, 6.45) is 2.04. The Balaban J connectivity index is 1.66. The van der Waals surface area contributed by atoms with Crippen molar-refractivity contribution >= 4 is 11.7 Å². The van der Waals surface area contributed by atoms with Crippen LogP contribution in [0.5, 0.6) is 5.75 Å². The van der Waals surface area contributed by atoms with Crippen LogP contribution in [0.3, 0.4) is 0 Å². The van der Waals surface area contributed by atoms with E-state index in [1.165, 1.54) is 0 Å². The lowest BCUT2D eigenvalue weighted by molar-refractivity contribution is 0.243. The van der Waals surface area contributed by atoms with E-state index in [0.717, 1.165) is 42.5 Å². The van der Waals surface area contributed by atoms with Crippen LogP contribution in [-0.2, 0) is 13.0 Å². The molecule has 25 heavy (non-hydrogen) atoms. The summed E-state index contributed by atoms with van der Waals surface area (Å²) in [6.45, 7) is 7.61. The predicted molar refractivity (Wildman–Crippen MR) is 95.7 cm³/mol. The quantitative estimate of drug-likeness (QED) is 0.844. The molecule has 0 saturated carbocycles. The Morgan fingerprint density at radius 3 is 2.72 bits per heavy atom. The molecule has 1 unspecified atom stereocenters. The molecule has 134 valence electrons. The van der Waals surface area contributed by atoms with Crippen LogP contribution < -0.4 is 15.4 Å². The normalized spacial score (nSPS) is 14.2. The summed E-state index contributed by atoms with van der Waals surface area (Å²) < 4.78 is 7.53. The molecule has 0 bridgehead atoms. The van der Waals surface area contributed by atoms with Crippen LogP contribution in [0.25, 0.3) is 0 Å². The fraction of sp³-hybridized carbons (Fsp3) is 0.500. The van der Waals surface area contributed by atoms with E-state index in [1.807, 2.05) is 31.2 Å². The van der Waals surface area contributed by atoms with Crippen molar-refractivity contribution in [2.24, 2.45) is 5.92 Å². The van der Waals surface area contributed by atoms with E-state index in [-0.39, 0.29) is 18.0 Å². The molecule has 0 saturated heterocycles. The van der Waals surface area contributed by atoms with Crippen LogP contribution in [0.4, 0.5) is 10.5 Å². The van der Waals surface area contributed by atoms with Crippen LogP contribution in [-0.4, -0.2) is 27.4 Å². The van der Waals surface area contributed by atoms with E-state index in [4.69, 9.17) is 4.74 Å². The highest BCUT2D eigenvalue weighted by Crippen LogP contribution is 2.24. The van der Waals surface area contributed by atoms with Gasteiger partial charge in [-0.25, -0.2) is 4.79 Å². The maximum atomic E-state index is 12.4. The van der Waals surface area contributed by atoms with E-state index < -0.39 is 0 Å². The van der Waals surface area contributed by atoms with Gasteiger partial charge >= 0.3 is 6.03 Å². The van der Waals surface area contributed by atoms with Gasteiger partial charge < -0.3 is 19.9 Å². The number of nitrogens with zero attached hydrogens (tertiary/aromatic N) is 3. The highest BCUT2D eigenvalue weighted by Gasteiger charge is 2.27. The van der Waals surface area contributed by atoms with Crippen LogP contribution in [0.2, 0.25) is 0 Å². The maximum Gasteiger partial charge on any atom is 0.319 e. The number of hydrogen-bond acceptors (Lipinski definition) is 4. The minimum atomic E-state index is -0.252. The number of fused-ring (bicyclic) bond motifs is 1. The molecule has 7 heteroatoms. The van der Waals surface area contributed by atoms with E-state index in [1.54, 1.807) is 0 Å². The predicted octanol–water partition coefficient (Wildman–Crippen LogP) is 3.14. The van der Waals surface area contributed by atoms with E-state index in [2.05, 4.69) is 39.2 Å². The molecule has 0 aliphatic carbocycles. The summed E-state index contributed by atoms with van der Waals surface area (Å²) in [5.41, 5.74) is 0.718. The number of amides is 2. The fourth-order valence-electron chi connectivity index (χ4n) is 3.04. The Hall–Kier alpha value is -2.57. The minimum absolute atomic E-state index is 0.179. The van der Waals surface area contributed by atoms with Crippen molar-refractivity contribution < 1.29 is 9.53 Å². The van der Waals surface area contributed by atoms with Crippen molar-refractivity contribution in [3.63, 3.8) is 0 Å². The van der Waals surface area contributed by atoms with Gasteiger partial charge in [0.15, 0.2) is 5.82 Å².